The molecule has 2 aliphatic rings. The molecule has 1 amide bonds. The molecule has 0 spiro atoms. The largest absolute Gasteiger partial charge is 0.371 e. The van der Waals surface area contributed by atoms with Gasteiger partial charge in [0.1, 0.15) is 17.5 Å². The molecule has 170 valence electrons. The van der Waals surface area contributed by atoms with Gasteiger partial charge in [0.05, 0.1) is 23.8 Å². The molecule has 0 atom stereocenters. The molecule has 6 rings (SSSR count). The zero-order chi connectivity index (χ0) is 22.8. The Morgan fingerprint density at radius 3 is 2.36 bits per heavy atom. The normalized spacial score (nSPS) is 15.3. The molecule has 0 bridgehead atoms. The third kappa shape index (κ3) is 4.44. The molecule has 0 saturated carbocycles. The summed E-state index contributed by atoms with van der Waals surface area (Å²) in [5.41, 5.74) is 2.72. The third-order valence-electron chi connectivity index (χ3n) is 6.04. The Kier molecular flexibility index (Phi) is 5.77. The quantitative estimate of drug-likeness (QED) is 0.467. The molecule has 1 saturated heterocycles. The van der Waals surface area contributed by atoms with Crippen LogP contribution in [-0.2, 0) is 13.1 Å². The average molecular weight is 450 g/mol. The highest BCUT2D eigenvalue weighted by atomic mass is 19.1. The smallest absolute Gasteiger partial charge is 0.258 e. The lowest BCUT2D eigenvalue weighted by atomic mass is 10.2. The Bertz CT molecular complexity index is 1240. The summed E-state index contributed by atoms with van der Waals surface area (Å²) in [6.07, 6.45) is 9.86. The topological polar surface area (TPSA) is 58.7 Å². The van der Waals surface area contributed by atoms with E-state index >= 15 is 0 Å². The van der Waals surface area contributed by atoms with Crippen LogP contribution < -0.4 is 4.90 Å². The van der Waals surface area contributed by atoms with Crippen molar-refractivity contribution in [3.63, 3.8) is 0 Å². The van der Waals surface area contributed by atoms with Crippen molar-refractivity contribution in [3.05, 3.63) is 84.2 Å². The highest BCUT2D eigenvalue weighted by Crippen LogP contribution is 2.24. The lowest BCUT2D eigenvalue weighted by molar-refractivity contribution is 0.0709. The zero-order valence-electron chi connectivity index (χ0n) is 18.1. The number of carbonyl (C=O) groups excluding carboxylic acids is 1. The van der Waals surface area contributed by atoms with E-state index in [-0.39, 0.29) is 5.91 Å². The Morgan fingerprint density at radius 1 is 0.909 bits per heavy atom. The highest BCUT2D eigenvalue weighted by Gasteiger charge is 2.25. The minimum absolute atomic E-state index is 0.0304. The molecule has 0 aliphatic carbocycles. The fraction of sp³-hybridized carbons (Fsp3) is 0.292. The first-order valence-electron chi connectivity index (χ1n) is 11.0. The van der Waals surface area contributed by atoms with Gasteiger partial charge in [0.2, 0.25) is 0 Å². The summed E-state index contributed by atoms with van der Waals surface area (Å²) in [6, 6.07) is 8.49. The molecule has 33 heavy (non-hydrogen) atoms. The van der Waals surface area contributed by atoms with Gasteiger partial charge in [-0.1, -0.05) is 0 Å². The molecular weight excluding hydrogens is 426 g/mol. The lowest BCUT2D eigenvalue weighted by Gasteiger charge is -2.27. The van der Waals surface area contributed by atoms with E-state index in [9.17, 15) is 13.6 Å². The standard InChI is InChI=1S/C18H20N6O.C6H4F2/c25-18(23-10-9-22-8-4-19-17(22)13-23)15-12-20-24-7-3-14(11-16(15)24)21-5-1-2-6-21;7-5-1-2-6(8)4-3-5/h3-4,7-8,11-12H,1-2,5-6,9-10,13H2;1-4H. The fourth-order valence-electron chi connectivity index (χ4n) is 4.25. The summed E-state index contributed by atoms with van der Waals surface area (Å²) in [5, 5.41) is 4.37. The van der Waals surface area contributed by atoms with Crippen LogP contribution in [0, 0.1) is 11.6 Å². The number of pyridine rings is 1. The van der Waals surface area contributed by atoms with Crippen LogP contribution in [0.2, 0.25) is 0 Å². The summed E-state index contributed by atoms with van der Waals surface area (Å²) in [5.74, 6) is 0.148. The van der Waals surface area contributed by atoms with Gasteiger partial charge < -0.3 is 14.4 Å². The van der Waals surface area contributed by atoms with Crippen molar-refractivity contribution in [3.8, 4) is 0 Å². The minimum atomic E-state index is -0.411. The van der Waals surface area contributed by atoms with Gasteiger partial charge >= 0.3 is 0 Å². The van der Waals surface area contributed by atoms with E-state index in [0.717, 1.165) is 55.2 Å². The zero-order valence-corrected chi connectivity index (χ0v) is 18.1. The van der Waals surface area contributed by atoms with E-state index < -0.39 is 11.6 Å². The first-order chi connectivity index (χ1) is 16.1. The summed E-state index contributed by atoms with van der Waals surface area (Å²) in [4.78, 5) is 21.6. The molecule has 0 N–H and O–H groups in total. The van der Waals surface area contributed by atoms with Crippen LogP contribution in [-0.4, -0.2) is 49.6 Å². The molecule has 1 aromatic carbocycles. The number of carbonyl (C=O) groups is 1. The van der Waals surface area contributed by atoms with Crippen molar-refractivity contribution < 1.29 is 13.6 Å². The second-order valence-corrected chi connectivity index (χ2v) is 8.17. The molecule has 7 nitrogen and oxygen atoms in total. The van der Waals surface area contributed by atoms with E-state index in [1.807, 2.05) is 17.3 Å². The van der Waals surface area contributed by atoms with Gasteiger partial charge in [-0.25, -0.2) is 18.3 Å². The van der Waals surface area contributed by atoms with E-state index in [1.54, 1.807) is 16.9 Å². The van der Waals surface area contributed by atoms with E-state index in [2.05, 4.69) is 31.7 Å². The number of aromatic nitrogens is 4. The van der Waals surface area contributed by atoms with Gasteiger partial charge in [-0.05, 0) is 49.2 Å². The van der Waals surface area contributed by atoms with Crippen molar-refractivity contribution in [1.29, 1.82) is 0 Å². The molecule has 0 unspecified atom stereocenters. The van der Waals surface area contributed by atoms with Crippen LogP contribution in [0.15, 0.2) is 61.2 Å². The first-order valence-corrected chi connectivity index (χ1v) is 11.0. The van der Waals surface area contributed by atoms with Crippen molar-refractivity contribution in [2.75, 3.05) is 24.5 Å². The van der Waals surface area contributed by atoms with Crippen LogP contribution in [0.4, 0.5) is 14.5 Å². The number of amides is 1. The Hall–Kier alpha value is -3.75. The monoisotopic (exact) mass is 450 g/mol. The molecule has 0 radical (unpaired) electrons. The second-order valence-electron chi connectivity index (χ2n) is 8.17. The van der Waals surface area contributed by atoms with E-state index in [0.29, 0.717) is 18.7 Å². The summed E-state index contributed by atoms with van der Waals surface area (Å²) >= 11 is 0. The van der Waals surface area contributed by atoms with Gasteiger partial charge in [0.15, 0.2) is 0 Å². The number of anilines is 1. The molecule has 2 aliphatic heterocycles. The van der Waals surface area contributed by atoms with Crippen LogP contribution in [0.5, 0.6) is 0 Å². The molecule has 3 aromatic heterocycles. The molecule has 5 heterocycles. The number of nitrogens with zero attached hydrogens (tertiary/aromatic N) is 6. The average Bonchev–Trinajstić information content (AvgIpc) is 3.60. The number of hydrogen-bond acceptors (Lipinski definition) is 4. The molecular formula is C24H24F2N6O. The van der Waals surface area contributed by atoms with E-state index in [4.69, 9.17) is 0 Å². The van der Waals surface area contributed by atoms with Crippen molar-refractivity contribution in [1.82, 2.24) is 24.1 Å². The second kappa shape index (κ2) is 9.01. The highest BCUT2D eigenvalue weighted by molar-refractivity contribution is 6.01. The third-order valence-corrected chi connectivity index (χ3v) is 6.04. The van der Waals surface area contributed by atoms with Crippen molar-refractivity contribution >= 4 is 17.1 Å². The maximum absolute atomic E-state index is 13.1. The predicted molar refractivity (Wildman–Crippen MR) is 120 cm³/mol. The molecule has 9 heteroatoms. The minimum Gasteiger partial charge on any atom is -0.371 e. The Labute approximate surface area is 189 Å². The van der Waals surface area contributed by atoms with Gasteiger partial charge in [-0.3, -0.25) is 4.79 Å². The lowest BCUT2D eigenvalue weighted by Crippen LogP contribution is -2.38. The SMILES string of the molecule is Fc1ccc(F)cc1.O=C(c1cnn2ccc(N3CCCC3)cc12)N1CCn2ccnc2C1. The van der Waals surface area contributed by atoms with Gasteiger partial charge in [0, 0.05) is 50.5 Å². The summed E-state index contributed by atoms with van der Waals surface area (Å²) in [6.45, 7) is 4.21. The number of rotatable bonds is 2. The van der Waals surface area contributed by atoms with Crippen LogP contribution in [0.3, 0.4) is 0 Å². The number of imidazole rings is 1. The number of hydrogen-bond donors (Lipinski definition) is 0. The van der Waals surface area contributed by atoms with Crippen molar-refractivity contribution in [2.45, 2.75) is 25.9 Å². The fourth-order valence-corrected chi connectivity index (χ4v) is 4.25. The molecule has 4 aromatic rings. The summed E-state index contributed by atoms with van der Waals surface area (Å²) < 4.78 is 27.7. The Morgan fingerprint density at radius 2 is 1.64 bits per heavy atom. The van der Waals surface area contributed by atoms with Crippen molar-refractivity contribution in [2.24, 2.45) is 0 Å². The van der Waals surface area contributed by atoms with E-state index in [1.165, 1.54) is 18.5 Å². The Balaban J connectivity index is 0.000000243. The van der Waals surface area contributed by atoms with Gasteiger partial charge in [-0.15, -0.1) is 0 Å². The molecule has 1 fully saturated rings. The van der Waals surface area contributed by atoms with Gasteiger partial charge in [0.25, 0.3) is 5.91 Å². The number of benzene rings is 1. The number of halogens is 2. The van der Waals surface area contributed by atoms with Gasteiger partial charge in [-0.2, -0.15) is 5.10 Å². The number of fused-ring (bicyclic) bond motifs is 2. The predicted octanol–water partition coefficient (Wildman–Crippen LogP) is 3.75. The first kappa shape index (κ1) is 21.1. The maximum Gasteiger partial charge on any atom is 0.258 e. The van der Waals surface area contributed by atoms with Crippen LogP contribution in [0.1, 0.15) is 29.0 Å². The maximum atomic E-state index is 13.1. The summed E-state index contributed by atoms with van der Waals surface area (Å²) in [7, 11) is 0. The van der Waals surface area contributed by atoms with Crippen LogP contribution >= 0.6 is 0 Å². The van der Waals surface area contributed by atoms with Crippen LogP contribution in [0.25, 0.3) is 5.52 Å².